The first-order chi connectivity index (χ1) is 18.8. The Bertz CT molecular complexity index is 1530. The molecule has 1 unspecified atom stereocenters. The van der Waals surface area contributed by atoms with Crippen molar-refractivity contribution in [2.24, 2.45) is 0 Å². The maximum atomic E-state index is 11.5. The summed E-state index contributed by atoms with van der Waals surface area (Å²) in [5.41, 5.74) is 4.17. The number of rotatable bonds is 4. The molecule has 1 aromatic carbocycles. The van der Waals surface area contributed by atoms with E-state index in [1.807, 2.05) is 18.2 Å². The normalized spacial score (nSPS) is 15.1. The van der Waals surface area contributed by atoms with E-state index in [9.17, 15) is 14.4 Å². The van der Waals surface area contributed by atoms with Gasteiger partial charge in [0.05, 0.1) is 14.2 Å². The van der Waals surface area contributed by atoms with Gasteiger partial charge in [0.15, 0.2) is 17.5 Å². The van der Waals surface area contributed by atoms with Crippen molar-refractivity contribution in [2.45, 2.75) is 19.0 Å². The van der Waals surface area contributed by atoms with Gasteiger partial charge in [0.1, 0.15) is 17.5 Å². The highest BCUT2D eigenvalue weighted by Crippen LogP contribution is 2.25. The molecule has 0 aliphatic carbocycles. The molecule has 0 saturated carbocycles. The van der Waals surface area contributed by atoms with Crippen molar-refractivity contribution < 1.29 is 23.9 Å². The SMILES string of the molecule is COc1ccc(Cc2ccc(C#N)nc2)nc1C#CC1NC(=O)NC1=O.COc1ccc2c(c1)C(=O)N(C)C2. The molecule has 196 valence electrons. The zero-order valence-electron chi connectivity index (χ0n) is 21.4. The summed E-state index contributed by atoms with van der Waals surface area (Å²) in [5.74, 6) is 6.23. The van der Waals surface area contributed by atoms with Crippen LogP contribution in [-0.4, -0.2) is 60.0 Å². The Balaban J connectivity index is 0.000000226. The van der Waals surface area contributed by atoms with Gasteiger partial charge in [-0.05, 0) is 47.4 Å². The molecule has 2 aromatic heterocycles. The molecule has 1 atom stereocenters. The maximum absolute atomic E-state index is 11.5. The van der Waals surface area contributed by atoms with Gasteiger partial charge in [-0.15, -0.1) is 0 Å². The molecular weight excluding hydrogens is 500 g/mol. The summed E-state index contributed by atoms with van der Waals surface area (Å²) in [6.45, 7) is 0.707. The summed E-state index contributed by atoms with van der Waals surface area (Å²) in [5, 5.41) is 13.3. The molecule has 1 saturated heterocycles. The first-order valence-electron chi connectivity index (χ1n) is 11.8. The van der Waals surface area contributed by atoms with Crippen LogP contribution in [0.25, 0.3) is 0 Å². The van der Waals surface area contributed by atoms with Crippen LogP contribution in [0, 0.1) is 23.2 Å². The second kappa shape index (κ2) is 11.8. The largest absolute Gasteiger partial charge is 0.497 e. The van der Waals surface area contributed by atoms with Crippen LogP contribution in [0.15, 0.2) is 48.7 Å². The third kappa shape index (κ3) is 6.29. The number of methoxy groups -OCH3 is 2. The van der Waals surface area contributed by atoms with E-state index in [1.165, 1.54) is 7.11 Å². The molecule has 1 fully saturated rings. The zero-order valence-corrected chi connectivity index (χ0v) is 21.4. The molecule has 11 heteroatoms. The number of aromatic nitrogens is 2. The van der Waals surface area contributed by atoms with Crippen molar-refractivity contribution in [3.63, 3.8) is 0 Å². The predicted molar refractivity (Wildman–Crippen MR) is 139 cm³/mol. The number of nitriles is 1. The molecular formula is C28H24N6O5. The lowest BCUT2D eigenvalue weighted by atomic mass is 10.1. The quantitative estimate of drug-likeness (QED) is 0.388. The van der Waals surface area contributed by atoms with Crippen LogP contribution in [0.1, 0.15) is 38.6 Å². The Hall–Kier alpha value is -5.42. The average Bonchev–Trinajstić information content (AvgIpc) is 3.43. The number of carbonyl (C=O) groups excluding carboxylic acids is 3. The Morgan fingerprint density at radius 1 is 1.10 bits per heavy atom. The summed E-state index contributed by atoms with van der Waals surface area (Å²) >= 11 is 0. The Morgan fingerprint density at radius 3 is 2.56 bits per heavy atom. The number of carbonyl (C=O) groups is 3. The molecule has 2 N–H and O–H groups in total. The first-order valence-corrected chi connectivity index (χ1v) is 11.8. The fourth-order valence-electron chi connectivity index (χ4n) is 3.86. The van der Waals surface area contributed by atoms with E-state index in [0.717, 1.165) is 28.1 Å². The van der Waals surface area contributed by atoms with Crippen LogP contribution in [0.5, 0.6) is 11.5 Å². The maximum Gasteiger partial charge on any atom is 0.322 e. The van der Waals surface area contributed by atoms with Gasteiger partial charge in [-0.1, -0.05) is 18.1 Å². The number of benzene rings is 1. The number of nitrogens with one attached hydrogen (secondary N) is 2. The summed E-state index contributed by atoms with van der Waals surface area (Å²) in [7, 11) is 4.90. The fraction of sp³-hybridized carbons (Fsp3) is 0.214. The number of urea groups is 1. The van der Waals surface area contributed by atoms with Crippen LogP contribution in [-0.2, 0) is 17.8 Å². The first kappa shape index (κ1) is 26.6. The number of fused-ring (bicyclic) bond motifs is 1. The standard InChI is InChI=1S/C18H13N5O3.C10H11NO2/c1-26-16-7-4-12(8-11-2-3-13(9-19)20-10-11)21-14(16)5-6-15-17(24)23-18(25)22-15;1-11-6-7-3-4-8(13-2)5-9(7)10(11)12/h2-4,7,10,15H,8H2,1H3,(H2,22,23,24,25);3-5H,6H2,1-2H3. The Morgan fingerprint density at radius 2 is 1.92 bits per heavy atom. The van der Waals surface area contributed by atoms with Crippen LogP contribution >= 0.6 is 0 Å². The third-order valence-corrected chi connectivity index (χ3v) is 5.87. The van der Waals surface area contributed by atoms with Crippen LogP contribution in [0.2, 0.25) is 0 Å². The molecule has 11 nitrogen and oxygen atoms in total. The van der Waals surface area contributed by atoms with Crippen molar-refractivity contribution >= 4 is 17.8 Å². The van der Waals surface area contributed by atoms with Gasteiger partial charge in [-0.25, -0.2) is 14.8 Å². The van der Waals surface area contributed by atoms with Crippen LogP contribution < -0.4 is 20.1 Å². The monoisotopic (exact) mass is 524 g/mol. The lowest BCUT2D eigenvalue weighted by molar-refractivity contribution is -0.119. The molecule has 4 heterocycles. The molecule has 0 bridgehead atoms. The molecule has 2 aliphatic heterocycles. The van der Waals surface area contributed by atoms with Gasteiger partial charge in [0.2, 0.25) is 0 Å². The molecule has 4 amide bonds. The van der Waals surface area contributed by atoms with Gasteiger partial charge < -0.3 is 19.7 Å². The van der Waals surface area contributed by atoms with E-state index >= 15 is 0 Å². The lowest BCUT2D eigenvalue weighted by Crippen LogP contribution is -2.26. The van der Waals surface area contributed by atoms with Gasteiger partial charge in [0, 0.05) is 37.5 Å². The van der Waals surface area contributed by atoms with Crippen molar-refractivity contribution in [1.29, 1.82) is 5.26 Å². The highest BCUT2D eigenvalue weighted by atomic mass is 16.5. The summed E-state index contributed by atoms with van der Waals surface area (Å²) in [6.07, 6.45) is 2.12. The number of nitrogens with zero attached hydrogens (tertiary/aromatic N) is 4. The highest BCUT2D eigenvalue weighted by molar-refractivity contribution is 6.05. The van der Waals surface area contributed by atoms with Gasteiger partial charge >= 0.3 is 6.03 Å². The molecule has 5 rings (SSSR count). The summed E-state index contributed by atoms with van der Waals surface area (Å²) in [6, 6.07) is 13.1. The van der Waals surface area contributed by atoms with E-state index in [-0.39, 0.29) is 5.91 Å². The van der Waals surface area contributed by atoms with E-state index in [2.05, 4.69) is 32.4 Å². The molecule has 2 aliphatic rings. The van der Waals surface area contributed by atoms with Crippen molar-refractivity contribution in [1.82, 2.24) is 25.5 Å². The fourth-order valence-corrected chi connectivity index (χ4v) is 3.86. The predicted octanol–water partition coefficient (Wildman–Crippen LogP) is 1.79. The second-order valence-electron chi connectivity index (χ2n) is 8.54. The molecule has 3 aromatic rings. The van der Waals surface area contributed by atoms with Crippen LogP contribution in [0.4, 0.5) is 4.79 Å². The number of hydrogen-bond acceptors (Lipinski definition) is 8. The topological polar surface area (TPSA) is 147 Å². The lowest BCUT2D eigenvalue weighted by Gasteiger charge is -2.06. The molecule has 39 heavy (non-hydrogen) atoms. The number of ether oxygens (including phenoxy) is 2. The average molecular weight is 525 g/mol. The van der Waals surface area contributed by atoms with Gasteiger partial charge in [-0.3, -0.25) is 14.9 Å². The minimum atomic E-state index is -0.916. The van der Waals surface area contributed by atoms with E-state index in [0.29, 0.717) is 30.1 Å². The Kier molecular flexibility index (Phi) is 8.03. The van der Waals surface area contributed by atoms with Crippen LogP contribution in [0.3, 0.4) is 0 Å². The molecule has 0 radical (unpaired) electrons. The van der Waals surface area contributed by atoms with Crippen molar-refractivity contribution in [3.8, 4) is 29.4 Å². The van der Waals surface area contributed by atoms with E-state index < -0.39 is 18.0 Å². The third-order valence-electron chi connectivity index (χ3n) is 5.87. The van der Waals surface area contributed by atoms with Crippen molar-refractivity contribution in [2.75, 3.05) is 21.3 Å². The number of hydrogen-bond donors (Lipinski definition) is 2. The highest BCUT2D eigenvalue weighted by Gasteiger charge is 2.27. The second-order valence-corrected chi connectivity index (χ2v) is 8.54. The summed E-state index contributed by atoms with van der Waals surface area (Å²) < 4.78 is 10.3. The van der Waals surface area contributed by atoms with E-state index in [4.69, 9.17) is 14.7 Å². The Labute approximate surface area is 224 Å². The number of pyridine rings is 2. The minimum Gasteiger partial charge on any atom is -0.497 e. The number of amides is 4. The van der Waals surface area contributed by atoms with Crippen molar-refractivity contribution in [3.05, 3.63) is 82.4 Å². The summed E-state index contributed by atoms with van der Waals surface area (Å²) in [4.78, 5) is 44.4. The number of imide groups is 1. The van der Waals surface area contributed by atoms with Gasteiger partial charge in [0.25, 0.3) is 11.8 Å². The smallest absolute Gasteiger partial charge is 0.322 e. The molecule has 0 spiro atoms. The van der Waals surface area contributed by atoms with E-state index in [1.54, 1.807) is 55.6 Å². The van der Waals surface area contributed by atoms with Gasteiger partial charge in [-0.2, -0.15) is 5.26 Å². The minimum absolute atomic E-state index is 0.0777. The zero-order chi connectivity index (χ0) is 27.9.